The summed E-state index contributed by atoms with van der Waals surface area (Å²) in [6, 6.07) is 0. The third-order valence-electron chi connectivity index (χ3n) is 2.77. The van der Waals surface area contributed by atoms with Crippen LogP contribution < -0.4 is 5.73 Å². The van der Waals surface area contributed by atoms with E-state index in [1.54, 1.807) is 0 Å². The molecule has 1 rings (SSSR count). The fourth-order valence-electron chi connectivity index (χ4n) is 1.90. The summed E-state index contributed by atoms with van der Waals surface area (Å²) in [5.41, 5.74) is 5.38. The van der Waals surface area contributed by atoms with Gasteiger partial charge in [-0.15, -0.1) is 0 Å². The Bertz CT molecular complexity index is 250. The fraction of sp³-hybridized carbons (Fsp3) is 0.900. The third-order valence-corrected chi connectivity index (χ3v) is 2.97. The van der Waals surface area contributed by atoms with Gasteiger partial charge in [0.05, 0.1) is 11.5 Å². The monoisotopic (exact) mass is 269 g/mol. The van der Waals surface area contributed by atoms with Crippen molar-refractivity contribution in [3.63, 3.8) is 0 Å². The number of nitrogens with two attached hydrogens (primary N) is 1. The summed E-state index contributed by atoms with van der Waals surface area (Å²) < 4.78 is 36.4. The topological polar surface area (TPSA) is 32.5 Å². The van der Waals surface area contributed by atoms with E-state index in [9.17, 15) is 13.2 Å². The number of halogens is 3. The van der Waals surface area contributed by atoms with Crippen molar-refractivity contribution in [2.24, 2.45) is 5.73 Å². The summed E-state index contributed by atoms with van der Waals surface area (Å²) in [5, 5.41) is 0. The first kappa shape index (κ1) is 14.7. The Morgan fingerprint density at radius 2 is 1.65 bits per heavy atom. The van der Waals surface area contributed by atoms with E-state index < -0.39 is 12.7 Å². The number of rotatable bonds is 5. The summed E-state index contributed by atoms with van der Waals surface area (Å²) in [4.78, 5) is 4.11. The lowest BCUT2D eigenvalue weighted by atomic mass is 10.2. The van der Waals surface area contributed by atoms with E-state index in [-0.39, 0.29) is 0 Å². The number of alkyl halides is 3. The molecule has 0 amide bonds. The Kier molecular flexibility index (Phi) is 5.61. The molecule has 0 atom stereocenters. The van der Waals surface area contributed by atoms with Gasteiger partial charge in [-0.2, -0.15) is 13.2 Å². The van der Waals surface area contributed by atoms with Crippen LogP contribution in [0.2, 0.25) is 0 Å². The second-order valence-electron chi connectivity index (χ2n) is 4.30. The standard InChI is InChI=1S/C10H18F3N3S/c11-10(12,13)8-16-6-4-15(5-7-16)3-1-2-9(14)17/h1-8H2,(H2,14,17). The van der Waals surface area contributed by atoms with Crippen LogP contribution in [-0.2, 0) is 0 Å². The highest BCUT2D eigenvalue weighted by Crippen LogP contribution is 2.17. The van der Waals surface area contributed by atoms with Crippen molar-refractivity contribution in [3.05, 3.63) is 0 Å². The summed E-state index contributed by atoms with van der Waals surface area (Å²) in [5.74, 6) is 0. The molecule has 100 valence electrons. The van der Waals surface area contributed by atoms with Crippen LogP contribution in [0.1, 0.15) is 12.8 Å². The smallest absolute Gasteiger partial charge is 0.393 e. The molecule has 0 saturated carbocycles. The Morgan fingerprint density at radius 3 is 2.12 bits per heavy atom. The number of hydrogen-bond acceptors (Lipinski definition) is 3. The molecule has 17 heavy (non-hydrogen) atoms. The predicted molar refractivity (Wildman–Crippen MR) is 65.0 cm³/mol. The first-order valence-electron chi connectivity index (χ1n) is 5.66. The number of thiocarbonyl (C=S) groups is 1. The highest BCUT2D eigenvalue weighted by Gasteiger charge is 2.31. The van der Waals surface area contributed by atoms with E-state index in [4.69, 9.17) is 18.0 Å². The van der Waals surface area contributed by atoms with Crippen LogP contribution >= 0.6 is 12.2 Å². The molecule has 0 aromatic rings. The molecule has 0 aromatic carbocycles. The first-order chi connectivity index (χ1) is 7.87. The molecule has 0 aromatic heterocycles. The number of hydrogen-bond donors (Lipinski definition) is 1. The van der Waals surface area contributed by atoms with Crippen LogP contribution in [-0.4, -0.2) is 60.2 Å². The van der Waals surface area contributed by atoms with E-state index in [1.807, 2.05) is 0 Å². The normalized spacial score (nSPS) is 19.5. The lowest BCUT2D eigenvalue weighted by molar-refractivity contribution is -0.149. The van der Waals surface area contributed by atoms with Crippen molar-refractivity contribution in [1.82, 2.24) is 9.80 Å². The second kappa shape index (κ2) is 6.51. The molecular weight excluding hydrogens is 251 g/mol. The summed E-state index contributed by atoms with van der Waals surface area (Å²) >= 11 is 4.77. The maximum atomic E-state index is 12.1. The van der Waals surface area contributed by atoms with Gasteiger partial charge in [0.15, 0.2) is 0 Å². The van der Waals surface area contributed by atoms with Gasteiger partial charge in [0.1, 0.15) is 0 Å². The van der Waals surface area contributed by atoms with Crippen molar-refractivity contribution in [3.8, 4) is 0 Å². The fourth-order valence-corrected chi connectivity index (χ4v) is 2.05. The largest absolute Gasteiger partial charge is 0.401 e. The highest BCUT2D eigenvalue weighted by molar-refractivity contribution is 7.80. The molecule has 3 nitrogen and oxygen atoms in total. The summed E-state index contributed by atoms with van der Waals surface area (Å²) in [6.07, 6.45) is -2.50. The number of piperazine rings is 1. The Balaban J connectivity index is 2.15. The molecule has 1 aliphatic heterocycles. The van der Waals surface area contributed by atoms with Crippen LogP contribution in [0.3, 0.4) is 0 Å². The molecular formula is C10H18F3N3S. The van der Waals surface area contributed by atoms with Gasteiger partial charge in [0.25, 0.3) is 0 Å². The SMILES string of the molecule is NC(=S)CCCN1CCN(CC(F)(F)F)CC1. The molecule has 2 N–H and O–H groups in total. The maximum Gasteiger partial charge on any atom is 0.401 e. The molecule has 0 unspecified atom stereocenters. The minimum Gasteiger partial charge on any atom is -0.393 e. The average molecular weight is 269 g/mol. The van der Waals surface area contributed by atoms with Crippen LogP contribution in [0.4, 0.5) is 13.2 Å². The Hall–Kier alpha value is -0.400. The highest BCUT2D eigenvalue weighted by atomic mass is 32.1. The van der Waals surface area contributed by atoms with E-state index in [1.165, 1.54) is 4.90 Å². The van der Waals surface area contributed by atoms with Crippen molar-refractivity contribution >= 4 is 17.2 Å². The van der Waals surface area contributed by atoms with Crippen molar-refractivity contribution in [2.45, 2.75) is 19.0 Å². The second-order valence-corrected chi connectivity index (χ2v) is 4.83. The number of nitrogens with zero attached hydrogens (tertiary/aromatic N) is 2. The zero-order valence-electron chi connectivity index (χ0n) is 9.67. The van der Waals surface area contributed by atoms with Crippen LogP contribution in [0.5, 0.6) is 0 Å². The lowest BCUT2D eigenvalue weighted by Crippen LogP contribution is -2.49. The van der Waals surface area contributed by atoms with Crippen molar-refractivity contribution in [2.75, 3.05) is 39.3 Å². The third kappa shape index (κ3) is 6.80. The minimum absolute atomic E-state index is 0.479. The Labute approximate surface area is 105 Å². The molecule has 0 spiro atoms. The van der Waals surface area contributed by atoms with Crippen LogP contribution in [0.25, 0.3) is 0 Å². The van der Waals surface area contributed by atoms with Gasteiger partial charge in [-0.1, -0.05) is 12.2 Å². The molecule has 1 fully saturated rings. The van der Waals surface area contributed by atoms with Gasteiger partial charge < -0.3 is 10.6 Å². The molecule has 7 heteroatoms. The minimum atomic E-state index is -4.09. The molecule has 1 heterocycles. The molecule has 0 radical (unpaired) electrons. The van der Waals surface area contributed by atoms with Crippen LogP contribution in [0, 0.1) is 0 Å². The van der Waals surface area contributed by atoms with E-state index >= 15 is 0 Å². The molecule has 0 bridgehead atoms. The van der Waals surface area contributed by atoms with Gasteiger partial charge in [0.2, 0.25) is 0 Å². The summed E-state index contributed by atoms with van der Waals surface area (Å²) in [7, 11) is 0. The first-order valence-corrected chi connectivity index (χ1v) is 6.07. The van der Waals surface area contributed by atoms with E-state index in [0.29, 0.717) is 37.6 Å². The maximum absolute atomic E-state index is 12.1. The van der Waals surface area contributed by atoms with Crippen LogP contribution in [0.15, 0.2) is 0 Å². The van der Waals surface area contributed by atoms with Gasteiger partial charge >= 0.3 is 6.18 Å². The molecule has 1 aliphatic rings. The van der Waals surface area contributed by atoms with Gasteiger partial charge in [0, 0.05) is 26.2 Å². The average Bonchev–Trinajstić information content (AvgIpc) is 2.18. The quantitative estimate of drug-likeness (QED) is 0.761. The zero-order valence-corrected chi connectivity index (χ0v) is 10.5. The lowest BCUT2D eigenvalue weighted by Gasteiger charge is -2.34. The van der Waals surface area contributed by atoms with Gasteiger partial charge in [-0.05, 0) is 19.4 Å². The van der Waals surface area contributed by atoms with Gasteiger partial charge in [-0.25, -0.2) is 0 Å². The van der Waals surface area contributed by atoms with Gasteiger partial charge in [-0.3, -0.25) is 4.90 Å². The Morgan fingerprint density at radius 1 is 1.12 bits per heavy atom. The summed E-state index contributed by atoms with van der Waals surface area (Å²) in [6.45, 7) is 2.39. The zero-order chi connectivity index (χ0) is 12.9. The van der Waals surface area contributed by atoms with E-state index in [0.717, 1.165) is 13.0 Å². The van der Waals surface area contributed by atoms with Crippen molar-refractivity contribution < 1.29 is 13.2 Å². The predicted octanol–water partition coefficient (Wildman–Crippen LogP) is 1.23. The van der Waals surface area contributed by atoms with E-state index in [2.05, 4.69) is 4.90 Å². The molecule has 0 aliphatic carbocycles. The van der Waals surface area contributed by atoms with Crippen molar-refractivity contribution in [1.29, 1.82) is 0 Å². The molecule has 1 saturated heterocycles.